The van der Waals surface area contributed by atoms with E-state index in [2.05, 4.69) is 19.9 Å². The second kappa shape index (κ2) is 4.39. The zero-order chi connectivity index (χ0) is 15.3. The number of aromatic nitrogens is 5. The molecule has 0 aliphatic carbocycles. The topological polar surface area (TPSA) is 96.2 Å². The van der Waals surface area contributed by atoms with Gasteiger partial charge in [0.05, 0.1) is 11.7 Å². The Balaban J connectivity index is 1.96. The van der Waals surface area contributed by atoms with E-state index in [1.165, 1.54) is 6.20 Å². The largest absolute Gasteiger partial charge is 0.478 e. The van der Waals surface area contributed by atoms with Gasteiger partial charge in [0, 0.05) is 12.4 Å². The van der Waals surface area contributed by atoms with E-state index in [-0.39, 0.29) is 5.56 Å². The molecule has 0 spiro atoms. The summed E-state index contributed by atoms with van der Waals surface area (Å²) in [7, 11) is 0. The predicted molar refractivity (Wildman–Crippen MR) is 79.8 cm³/mol. The molecule has 0 saturated carbocycles. The monoisotopic (exact) mass is 293 g/mol. The molecule has 7 nitrogen and oxygen atoms in total. The van der Waals surface area contributed by atoms with Gasteiger partial charge in [-0.3, -0.25) is 0 Å². The standard InChI is InChI=1S/C15H11N5O2/c1-8-2-3-11-13(18-7-20(11)6-8)10-5-17-14-12(19-10)9(4-16-14)15(21)22/h2-7H,1H3,(H,16,17)(H,21,22). The van der Waals surface area contributed by atoms with Crippen molar-refractivity contribution in [3.8, 4) is 11.4 Å². The van der Waals surface area contributed by atoms with Gasteiger partial charge in [0.25, 0.3) is 0 Å². The number of aromatic amines is 1. The van der Waals surface area contributed by atoms with Crippen LogP contribution in [-0.4, -0.2) is 35.4 Å². The molecule has 4 aromatic rings. The minimum absolute atomic E-state index is 0.101. The van der Waals surface area contributed by atoms with Crippen molar-refractivity contribution in [1.29, 1.82) is 0 Å². The van der Waals surface area contributed by atoms with Gasteiger partial charge in [0.2, 0.25) is 0 Å². The number of aryl methyl sites for hydroxylation is 1. The van der Waals surface area contributed by atoms with E-state index in [1.54, 1.807) is 12.5 Å². The molecule has 0 radical (unpaired) electrons. The molecule has 2 N–H and O–H groups in total. The van der Waals surface area contributed by atoms with Gasteiger partial charge in [-0.25, -0.2) is 19.7 Å². The number of aromatic carboxylic acids is 1. The molecule has 0 aromatic carbocycles. The highest BCUT2D eigenvalue weighted by Gasteiger charge is 2.16. The number of H-pyrrole nitrogens is 1. The minimum Gasteiger partial charge on any atom is -0.478 e. The molecular formula is C15H11N5O2. The summed E-state index contributed by atoms with van der Waals surface area (Å²) in [5, 5.41) is 9.19. The minimum atomic E-state index is -1.04. The van der Waals surface area contributed by atoms with Crippen molar-refractivity contribution in [2.75, 3.05) is 0 Å². The number of hydrogen-bond donors (Lipinski definition) is 2. The third-order valence-corrected chi connectivity index (χ3v) is 3.53. The maximum Gasteiger partial charge on any atom is 0.339 e. The number of fused-ring (bicyclic) bond motifs is 2. The average molecular weight is 293 g/mol. The van der Waals surface area contributed by atoms with Crippen LogP contribution in [0.25, 0.3) is 28.1 Å². The first-order chi connectivity index (χ1) is 10.6. The number of nitrogens with one attached hydrogen (secondary N) is 1. The number of imidazole rings is 1. The first-order valence-electron chi connectivity index (χ1n) is 6.64. The highest BCUT2D eigenvalue weighted by molar-refractivity contribution is 6.00. The lowest BCUT2D eigenvalue weighted by Crippen LogP contribution is -1.96. The fourth-order valence-electron chi connectivity index (χ4n) is 2.48. The molecule has 4 aromatic heterocycles. The highest BCUT2D eigenvalue weighted by atomic mass is 16.4. The van der Waals surface area contributed by atoms with Crippen LogP contribution in [0.1, 0.15) is 15.9 Å². The highest BCUT2D eigenvalue weighted by Crippen LogP contribution is 2.24. The molecule has 0 unspecified atom stereocenters. The van der Waals surface area contributed by atoms with Crippen LogP contribution in [0.2, 0.25) is 0 Å². The van der Waals surface area contributed by atoms with Crippen molar-refractivity contribution in [2.24, 2.45) is 0 Å². The molecule has 0 amide bonds. The van der Waals surface area contributed by atoms with Gasteiger partial charge in [0.1, 0.15) is 28.8 Å². The summed E-state index contributed by atoms with van der Waals surface area (Å²) in [6.07, 6.45) is 6.66. The van der Waals surface area contributed by atoms with Gasteiger partial charge in [-0.2, -0.15) is 0 Å². The van der Waals surface area contributed by atoms with E-state index in [0.29, 0.717) is 22.6 Å². The Labute approximate surface area is 124 Å². The van der Waals surface area contributed by atoms with E-state index in [9.17, 15) is 9.90 Å². The molecule has 0 fully saturated rings. The lowest BCUT2D eigenvalue weighted by molar-refractivity contribution is 0.0699. The van der Waals surface area contributed by atoms with Crippen LogP contribution in [0.3, 0.4) is 0 Å². The van der Waals surface area contributed by atoms with Gasteiger partial charge in [-0.05, 0) is 18.6 Å². The molecular weight excluding hydrogens is 282 g/mol. The third-order valence-electron chi connectivity index (χ3n) is 3.53. The predicted octanol–water partition coefficient (Wildman–Crippen LogP) is 2.28. The van der Waals surface area contributed by atoms with Crippen LogP contribution in [0.15, 0.2) is 37.1 Å². The van der Waals surface area contributed by atoms with Gasteiger partial charge >= 0.3 is 5.97 Å². The zero-order valence-corrected chi connectivity index (χ0v) is 11.6. The lowest BCUT2D eigenvalue weighted by Gasteiger charge is -2.00. The SMILES string of the molecule is Cc1ccc2c(-c3cnc4[nH]cc(C(=O)O)c4n3)ncn2c1. The fraction of sp³-hybridized carbons (Fsp3) is 0.0667. The third kappa shape index (κ3) is 1.76. The second-order valence-electron chi connectivity index (χ2n) is 5.05. The molecule has 0 atom stereocenters. The Hall–Kier alpha value is -3.22. The van der Waals surface area contributed by atoms with E-state index < -0.39 is 5.97 Å². The summed E-state index contributed by atoms with van der Waals surface area (Å²) in [5.41, 5.74) is 4.11. The number of hydrogen-bond acceptors (Lipinski definition) is 4. The van der Waals surface area contributed by atoms with Crippen LogP contribution in [-0.2, 0) is 0 Å². The molecule has 0 aliphatic rings. The molecule has 108 valence electrons. The molecule has 7 heteroatoms. The lowest BCUT2D eigenvalue weighted by atomic mass is 10.2. The summed E-state index contributed by atoms with van der Waals surface area (Å²) in [6, 6.07) is 3.95. The first-order valence-corrected chi connectivity index (χ1v) is 6.64. The molecule has 22 heavy (non-hydrogen) atoms. The van der Waals surface area contributed by atoms with Gasteiger partial charge in [-0.1, -0.05) is 6.07 Å². The Morgan fingerprint density at radius 3 is 3.00 bits per heavy atom. The van der Waals surface area contributed by atoms with Crippen LogP contribution < -0.4 is 0 Å². The Morgan fingerprint density at radius 1 is 1.32 bits per heavy atom. The quantitative estimate of drug-likeness (QED) is 0.591. The molecule has 0 aliphatic heterocycles. The second-order valence-corrected chi connectivity index (χ2v) is 5.05. The van der Waals surface area contributed by atoms with Crippen molar-refractivity contribution in [2.45, 2.75) is 6.92 Å². The summed E-state index contributed by atoms with van der Waals surface area (Å²) >= 11 is 0. The van der Waals surface area contributed by atoms with Crippen molar-refractivity contribution in [3.63, 3.8) is 0 Å². The summed E-state index contributed by atoms with van der Waals surface area (Å²) < 4.78 is 1.91. The van der Waals surface area contributed by atoms with Crippen molar-refractivity contribution < 1.29 is 9.90 Å². The van der Waals surface area contributed by atoms with Crippen LogP contribution in [0.5, 0.6) is 0 Å². The van der Waals surface area contributed by atoms with Crippen LogP contribution in [0, 0.1) is 6.92 Å². The fourth-order valence-corrected chi connectivity index (χ4v) is 2.48. The number of pyridine rings is 1. The number of rotatable bonds is 2. The van der Waals surface area contributed by atoms with Crippen LogP contribution >= 0.6 is 0 Å². The van der Waals surface area contributed by atoms with Crippen molar-refractivity contribution >= 4 is 22.6 Å². The smallest absolute Gasteiger partial charge is 0.339 e. The molecule has 0 bridgehead atoms. The van der Waals surface area contributed by atoms with Gasteiger partial charge in [0.15, 0.2) is 5.65 Å². The number of carboxylic acid groups (broad SMARTS) is 1. The van der Waals surface area contributed by atoms with E-state index in [0.717, 1.165) is 11.1 Å². The molecule has 4 rings (SSSR count). The maximum absolute atomic E-state index is 11.2. The normalized spacial score (nSPS) is 11.3. The Morgan fingerprint density at radius 2 is 2.18 bits per heavy atom. The Kier molecular flexibility index (Phi) is 2.50. The van der Waals surface area contributed by atoms with Gasteiger partial charge < -0.3 is 14.5 Å². The number of carboxylic acids is 1. The van der Waals surface area contributed by atoms with Crippen molar-refractivity contribution in [1.82, 2.24) is 24.3 Å². The summed E-state index contributed by atoms with van der Waals surface area (Å²) in [6.45, 7) is 2.00. The van der Waals surface area contributed by atoms with Crippen LogP contribution in [0.4, 0.5) is 0 Å². The molecule has 0 saturated heterocycles. The maximum atomic E-state index is 11.2. The number of carbonyl (C=O) groups is 1. The van der Waals surface area contributed by atoms with E-state index in [4.69, 9.17) is 0 Å². The first kappa shape index (κ1) is 12.5. The van der Waals surface area contributed by atoms with Crippen molar-refractivity contribution in [3.05, 3.63) is 48.2 Å². The molecule has 4 heterocycles. The van der Waals surface area contributed by atoms with E-state index >= 15 is 0 Å². The zero-order valence-electron chi connectivity index (χ0n) is 11.6. The average Bonchev–Trinajstić information content (AvgIpc) is 3.09. The summed E-state index contributed by atoms with van der Waals surface area (Å²) in [5.74, 6) is -1.04. The van der Waals surface area contributed by atoms with Gasteiger partial charge in [-0.15, -0.1) is 0 Å². The summed E-state index contributed by atoms with van der Waals surface area (Å²) in [4.78, 5) is 27.1. The van der Waals surface area contributed by atoms with E-state index in [1.807, 2.05) is 29.7 Å². The number of nitrogens with zero attached hydrogens (tertiary/aromatic N) is 4. The Bertz CT molecular complexity index is 1030.